The number of benzene rings is 2. The molecule has 35 heavy (non-hydrogen) atoms. The molecule has 3 aliphatic heterocycles. The third-order valence-electron chi connectivity index (χ3n) is 8.84. The Balaban J connectivity index is 0.00000144. The van der Waals surface area contributed by atoms with Crippen molar-refractivity contribution in [3.63, 3.8) is 0 Å². The van der Waals surface area contributed by atoms with Crippen molar-refractivity contribution in [2.75, 3.05) is 19.6 Å². The molecule has 1 aromatic heterocycles. The number of halogens is 3. The quantitative estimate of drug-likeness (QED) is 0.435. The summed E-state index contributed by atoms with van der Waals surface area (Å²) in [6.07, 6.45) is 8.37. The van der Waals surface area contributed by atoms with Crippen LogP contribution in [0, 0.1) is 12.7 Å². The minimum atomic E-state index is -0.103. The van der Waals surface area contributed by atoms with Gasteiger partial charge in [-0.3, -0.25) is 4.90 Å². The molecule has 2 atom stereocenters. The first-order valence-corrected chi connectivity index (χ1v) is 12.8. The molecular formula is C28H37Cl2FN4. The van der Waals surface area contributed by atoms with Gasteiger partial charge in [-0.05, 0) is 107 Å². The average molecular weight is 520 g/mol. The number of hydrogen-bond acceptors (Lipinski definition) is 3. The van der Waals surface area contributed by atoms with Crippen molar-refractivity contribution >= 4 is 35.8 Å². The Morgan fingerprint density at radius 2 is 1.69 bits per heavy atom. The van der Waals surface area contributed by atoms with E-state index >= 15 is 0 Å². The molecule has 1 N–H and O–H groups in total. The zero-order chi connectivity index (χ0) is 22.4. The molecule has 6 rings (SSSR count). The topological polar surface area (TPSA) is 33.1 Å². The summed E-state index contributed by atoms with van der Waals surface area (Å²) < 4.78 is 16.6. The normalized spacial score (nSPS) is 25.7. The van der Waals surface area contributed by atoms with Crippen LogP contribution in [0.25, 0.3) is 11.0 Å². The van der Waals surface area contributed by atoms with E-state index in [-0.39, 0.29) is 36.0 Å². The van der Waals surface area contributed by atoms with E-state index in [2.05, 4.69) is 52.0 Å². The molecule has 190 valence electrons. The van der Waals surface area contributed by atoms with Crippen LogP contribution in [0.3, 0.4) is 0 Å². The Morgan fingerprint density at radius 1 is 0.971 bits per heavy atom. The van der Waals surface area contributed by atoms with Crippen molar-refractivity contribution in [3.8, 4) is 0 Å². The minimum Gasteiger partial charge on any atom is -0.325 e. The number of imidazole rings is 1. The fraction of sp³-hybridized carbons (Fsp3) is 0.536. The zero-order valence-electron chi connectivity index (χ0n) is 20.5. The number of rotatable bonds is 5. The smallest absolute Gasteiger partial charge is 0.123 e. The fourth-order valence-electron chi connectivity index (χ4n) is 7.20. The van der Waals surface area contributed by atoms with Crippen LogP contribution in [-0.2, 0) is 5.41 Å². The van der Waals surface area contributed by atoms with Crippen LogP contribution in [0.15, 0.2) is 48.5 Å². The highest BCUT2D eigenvalue weighted by atomic mass is 35.5. The van der Waals surface area contributed by atoms with Gasteiger partial charge in [0.2, 0.25) is 0 Å². The summed E-state index contributed by atoms with van der Waals surface area (Å²) in [5, 5.41) is 3.52. The number of aryl methyl sites for hydroxylation is 1. The molecule has 2 bridgehead atoms. The van der Waals surface area contributed by atoms with Crippen molar-refractivity contribution in [1.82, 2.24) is 19.8 Å². The molecule has 0 saturated carbocycles. The lowest BCUT2D eigenvalue weighted by Crippen LogP contribution is -2.47. The molecule has 4 nitrogen and oxygen atoms in total. The first-order chi connectivity index (χ1) is 16.1. The Hall–Kier alpha value is -1.66. The molecule has 0 amide bonds. The van der Waals surface area contributed by atoms with Crippen molar-refractivity contribution < 1.29 is 4.39 Å². The molecule has 7 heteroatoms. The third kappa shape index (κ3) is 4.85. The standard InChI is InChI=1S/C28H35FN4.2ClH/c1-20-31-26-7-2-3-8-27(26)33(20)25-18-23-9-10-24(19-25)32(23)16-13-28(11-14-30-15-12-28)21-5-4-6-22(29)17-21;;/h2-8,17,23-25,30H,9-16,18-19H2,1H3;2*1H. The number of nitrogens with zero attached hydrogens (tertiary/aromatic N) is 3. The predicted molar refractivity (Wildman–Crippen MR) is 146 cm³/mol. The van der Waals surface area contributed by atoms with E-state index in [0.29, 0.717) is 18.1 Å². The monoisotopic (exact) mass is 518 g/mol. The largest absolute Gasteiger partial charge is 0.325 e. The van der Waals surface area contributed by atoms with Crippen LogP contribution in [-0.4, -0.2) is 46.2 Å². The molecule has 3 aliphatic rings. The highest BCUT2D eigenvalue weighted by molar-refractivity contribution is 5.85. The van der Waals surface area contributed by atoms with Gasteiger partial charge in [-0.15, -0.1) is 24.8 Å². The average Bonchev–Trinajstić information content (AvgIpc) is 3.29. The minimum absolute atomic E-state index is 0. The van der Waals surface area contributed by atoms with Gasteiger partial charge in [0, 0.05) is 18.1 Å². The molecule has 2 unspecified atom stereocenters. The second-order valence-electron chi connectivity index (χ2n) is 10.6. The van der Waals surface area contributed by atoms with Crippen molar-refractivity contribution in [2.24, 2.45) is 0 Å². The maximum absolute atomic E-state index is 14.1. The lowest BCUT2D eigenvalue weighted by Gasteiger charge is -2.44. The summed E-state index contributed by atoms with van der Waals surface area (Å²) >= 11 is 0. The molecule has 3 aromatic rings. The van der Waals surface area contributed by atoms with E-state index in [1.54, 1.807) is 12.1 Å². The maximum atomic E-state index is 14.1. The van der Waals surface area contributed by atoms with Crippen LogP contribution in [0.5, 0.6) is 0 Å². The zero-order valence-corrected chi connectivity index (χ0v) is 22.1. The SMILES string of the molecule is Cc1nc2ccccc2n1C1CC2CCC(C1)N2CCC1(c2cccc(F)c2)CCNCC1.Cl.Cl. The fourth-order valence-corrected chi connectivity index (χ4v) is 7.20. The number of nitrogens with one attached hydrogen (secondary N) is 1. The number of piperidine rings is 2. The molecule has 0 aliphatic carbocycles. The number of fused-ring (bicyclic) bond motifs is 3. The Labute approximate surface area is 220 Å². The molecule has 4 heterocycles. The molecule has 0 spiro atoms. The highest BCUT2D eigenvalue weighted by Gasteiger charge is 2.43. The van der Waals surface area contributed by atoms with Crippen molar-refractivity contribution in [2.45, 2.75) is 75.4 Å². The summed E-state index contributed by atoms with van der Waals surface area (Å²) in [7, 11) is 0. The van der Waals surface area contributed by atoms with Gasteiger partial charge in [0.15, 0.2) is 0 Å². The van der Waals surface area contributed by atoms with E-state index in [1.165, 1.54) is 36.8 Å². The van der Waals surface area contributed by atoms with Gasteiger partial charge in [0.05, 0.1) is 11.0 Å². The van der Waals surface area contributed by atoms with Crippen LogP contribution in [0.1, 0.15) is 62.4 Å². The van der Waals surface area contributed by atoms with E-state index in [9.17, 15) is 4.39 Å². The van der Waals surface area contributed by atoms with Crippen LogP contribution < -0.4 is 5.32 Å². The third-order valence-corrected chi connectivity index (χ3v) is 8.84. The van der Waals surface area contributed by atoms with Gasteiger partial charge in [-0.2, -0.15) is 0 Å². The van der Waals surface area contributed by atoms with Crippen LogP contribution in [0.4, 0.5) is 4.39 Å². The molecule has 3 fully saturated rings. The van der Waals surface area contributed by atoms with Gasteiger partial charge < -0.3 is 9.88 Å². The highest BCUT2D eigenvalue weighted by Crippen LogP contribution is 2.44. The molecule has 2 aromatic carbocycles. The van der Waals surface area contributed by atoms with Crippen LogP contribution >= 0.6 is 24.8 Å². The second-order valence-corrected chi connectivity index (χ2v) is 10.6. The Bertz CT molecular complexity index is 1130. The lowest BCUT2D eigenvalue weighted by molar-refractivity contribution is 0.0928. The van der Waals surface area contributed by atoms with Gasteiger partial charge in [-0.1, -0.05) is 24.3 Å². The number of aromatic nitrogens is 2. The molecule has 0 radical (unpaired) electrons. The van der Waals surface area contributed by atoms with E-state index in [0.717, 1.165) is 50.2 Å². The van der Waals surface area contributed by atoms with E-state index in [4.69, 9.17) is 4.98 Å². The summed E-state index contributed by atoms with van der Waals surface area (Å²) in [6.45, 7) is 5.34. The number of hydrogen-bond donors (Lipinski definition) is 1. The first kappa shape index (κ1) is 26.4. The summed E-state index contributed by atoms with van der Waals surface area (Å²) in [5.74, 6) is 1.04. The summed E-state index contributed by atoms with van der Waals surface area (Å²) in [5.41, 5.74) is 3.70. The molecule has 3 saturated heterocycles. The van der Waals surface area contributed by atoms with Gasteiger partial charge in [-0.25, -0.2) is 9.37 Å². The summed E-state index contributed by atoms with van der Waals surface area (Å²) in [6, 6.07) is 17.8. The van der Waals surface area contributed by atoms with Crippen molar-refractivity contribution in [1.29, 1.82) is 0 Å². The Morgan fingerprint density at radius 3 is 2.40 bits per heavy atom. The van der Waals surface area contributed by atoms with Gasteiger partial charge in [0.1, 0.15) is 11.6 Å². The van der Waals surface area contributed by atoms with Gasteiger partial charge >= 0.3 is 0 Å². The Kier molecular flexibility index (Phi) is 8.12. The lowest BCUT2D eigenvalue weighted by atomic mass is 9.70. The van der Waals surface area contributed by atoms with E-state index < -0.39 is 0 Å². The second kappa shape index (κ2) is 10.8. The van der Waals surface area contributed by atoms with Crippen LogP contribution in [0.2, 0.25) is 0 Å². The number of para-hydroxylation sites is 2. The predicted octanol–water partition coefficient (Wildman–Crippen LogP) is 6.21. The maximum Gasteiger partial charge on any atom is 0.123 e. The first-order valence-electron chi connectivity index (χ1n) is 12.8. The molecular weight excluding hydrogens is 482 g/mol. The summed E-state index contributed by atoms with van der Waals surface area (Å²) in [4.78, 5) is 7.65. The van der Waals surface area contributed by atoms with E-state index in [1.807, 2.05) is 6.07 Å². The van der Waals surface area contributed by atoms with Gasteiger partial charge in [0.25, 0.3) is 0 Å². The van der Waals surface area contributed by atoms with Crippen molar-refractivity contribution in [3.05, 3.63) is 65.7 Å².